The molecule has 0 fully saturated rings. The van der Waals surface area contributed by atoms with Crippen LogP contribution >= 0.6 is 0 Å². The van der Waals surface area contributed by atoms with E-state index < -0.39 is 15.7 Å². The van der Waals surface area contributed by atoms with Gasteiger partial charge < -0.3 is 4.42 Å². The molecule has 0 radical (unpaired) electrons. The number of hydrogen-bond donors (Lipinski definition) is 1. The number of carbonyl (C=O) groups is 1. The number of anilines is 1. The van der Waals surface area contributed by atoms with Crippen molar-refractivity contribution in [3.63, 3.8) is 0 Å². The number of nitrogens with one attached hydrogen (secondary N) is 1. The van der Waals surface area contributed by atoms with Gasteiger partial charge in [0.05, 0.1) is 4.90 Å². The van der Waals surface area contributed by atoms with Crippen LogP contribution in [0.1, 0.15) is 10.4 Å². The van der Waals surface area contributed by atoms with Crippen LogP contribution in [-0.2, 0) is 9.84 Å². The lowest BCUT2D eigenvalue weighted by Gasteiger charge is -2.03. The SMILES string of the molecule is CS(=O)(=O)c1cccc(C(=O)Nc2nnc(-c3ccccc3)o2)c1. The molecule has 1 heterocycles. The second kappa shape index (κ2) is 6.25. The zero-order valence-corrected chi connectivity index (χ0v) is 13.4. The van der Waals surface area contributed by atoms with Crippen molar-refractivity contribution in [1.82, 2.24) is 10.2 Å². The van der Waals surface area contributed by atoms with E-state index in [2.05, 4.69) is 15.5 Å². The molecule has 3 rings (SSSR count). The molecule has 0 unspecified atom stereocenters. The highest BCUT2D eigenvalue weighted by atomic mass is 32.2. The number of aromatic nitrogens is 2. The van der Waals surface area contributed by atoms with Crippen LogP contribution in [0.3, 0.4) is 0 Å². The summed E-state index contributed by atoms with van der Waals surface area (Å²) in [5.41, 5.74) is 0.905. The van der Waals surface area contributed by atoms with Gasteiger partial charge >= 0.3 is 6.01 Å². The molecule has 0 atom stereocenters. The zero-order valence-electron chi connectivity index (χ0n) is 12.6. The van der Waals surface area contributed by atoms with Gasteiger partial charge in [0.2, 0.25) is 5.89 Å². The number of benzene rings is 2. The third kappa shape index (κ3) is 3.49. The molecule has 3 aromatic rings. The molecule has 0 saturated heterocycles. The Kier molecular flexibility index (Phi) is 4.13. The lowest BCUT2D eigenvalue weighted by atomic mass is 10.2. The second-order valence-corrected chi connectivity index (χ2v) is 7.05. The Morgan fingerprint density at radius 1 is 1.04 bits per heavy atom. The van der Waals surface area contributed by atoms with Gasteiger partial charge in [0.25, 0.3) is 5.91 Å². The molecule has 7 nitrogen and oxygen atoms in total. The van der Waals surface area contributed by atoms with E-state index in [0.29, 0.717) is 0 Å². The number of rotatable bonds is 4. The van der Waals surface area contributed by atoms with Gasteiger partial charge in [-0.1, -0.05) is 29.4 Å². The van der Waals surface area contributed by atoms with Crippen LogP contribution in [0.25, 0.3) is 11.5 Å². The average molecular weight is 343 g/mol. The fourth-order valence-corrected chi connectivity index (χ4v) is 2.68. The first-order chi connectivity index (χ1) is 11.4. The Labute approximate surface area is 138 Å². The van der Waals surface area contributed by atoms with Crippen molar-refractivity contribution in [3.05, 3.63) is 60.2 Å². The van der Waals surface area contributed by atoms with Gasteiger partial charge in [-0.3, -0.25) is 10.1 Å². The van der Waals surface area contributed by atoms with Crippen molar-refractivity contribution in [3.8, 4) is 11.5 Å². The molecule has 8 heteroatoms. The first-order valence-electron chi connectivity index (χ1n) is 6.94. The van der Waals surface area contributed by atoms with Crippen molar-refractivity contribution in [2.45, 2.75) is 4.90 Å². The maximum Gasteiger partial charge on any atom is 0.322 e. The minimum Gasteiger partial charge on any atom is -0.403 e. The third-order valence-electron chi connectivity index (χ3n) is 3.19. The average Bonchev–Trinajstić information content (AvgIpc) is 3.03. The maximum atomic E-state index is 12.2. The summed E-state index contributed by atoms with van der Waals surface area (Å²) in [4.78, 5) is 12.3. The summed E-state index contributed by atoms with van der Waals surface area (Å²) in [6.45, 7) is 0. The van der Waals surface area contributed by atoms with Crippen LogP contribution in [0.2, 0.25) is 0 Å². The molecule has 1 aromatic heterocycles. The van der Waals surface area contributed by atoms with Gasteiger partial charge in [-0.25, -0.2) is 8.42 Å². The summed E-state index contributed by atoms with van der Waals surface area (Å²) in [5.74, 6) is -0.264. The van der Waals surface area contributed by atoms with E-state index in [1.165, 1.54) is 24.3 Å². The smallest absolute Gasteiger partial charge is 0.322 e. The summed E-state index contributed by atoms with van der Waals surface area (Å²) in [7, 11) is -3.40. The van der Waals surface area contributed by atoms with E-state index in [1.807, 2.05) is 18.2 Å². The number of nitrogens with zero attached hydrogens (tertiary/aromatic N) is 2. The number of sulfone groups is 1. The molecule has 24 heavy (non-hydrogen) atoms. The topological polar surface area (TPSA) is 102 Å². The highest BCUT2D eigenvalue weighted by molar-refractivity contribution is 7.90. The lowest BCUT2D eigenvalue weighted by Crippen LogP contribution is -2.13. The van der Waals surface area contributed by atoms with E-state index in [1.54, 1.807) is 12.1 Å². The van der Waals surface area contributed by atoms with Gasteiger partial charge in [-0.05, 0) is 30.3 Å². The molecule has 0 aliphatic heterocycles. The fraction of sp³-hybridized carbons (Fsp3) is 0.0625. The van der Waals surface area contributed by atoms with E-state index in [0.717, 1.165) is 11.8 Å². The largest absolute Gasteiger partial charge is 0.403 e. The van der Waals surface area contributed by atoms with Crippen LogP contribution in [0.5, 0.6) is 0 Å². The molecule has 0 bridgehead atoms. The molecule has 0 aliphatic rings. The molecule has 2 aromatic carbocycles. The minimum atomic E-state index is -3.40. The van der Waals surface area contributed by atoms with Crippen molar-refractivity contribution in [1.29, 1.82) is 0 Å². The predicted molar refractivity (Wildman–Crippen MR) is 87.2 cm³/mol. The molecule has 1 amide bonds. The summed E-state index contributed by atoms with van der Waals surface area (Å²) in [6.07, 6.45) is 1.08. The van der Waals surface area contributed by atoms with Gasteiger partial charge in [-0.2, -0.15) is 0 Å². The minimum absolute atomic E-state index is 0.0608. The van der Waals surface area contributed by atoms with E-state index >= 15 is 0 Å². The first-order valence-corrected chi connectivity index (χ1v) is 8.83. The zero-order chi connectivity index (χ0) is 17.2. The highest BCUT2D eigenvalue weighted by Gasteiger charge is 2.15. The Balaban J connectivity index is 1.80. The third-order valence-corrected chi connectivity index (χ3v) is 4.30. The Hall–Kier alpha value is -3.00. The quantitative estimate of drug-likeness (QED) is 0.780. The molecule has 122 valence electrons. The van der Waals surface area contributed by atoms with Crippen LogP contribution in [0.4, 0.5) is 6.01 Å². The molecule has 1 N–H and O–H groups in total. The van der Waals surface area contributed by atoms with Crippen molar-refractivity contribution >= 4 is 21.8 Å². The van der Waals surface area contributed by atoms with Gasteiger partial charge in [-0.15, -0.1) is 5.10 Å². The second-order valence-electron chi connectivity index (χ2n) is 5.03. The predicted octanol–water partition coefficient (Wildman–Crippen LogP) is 2.39. The standard InChI is InChI=1S/C16H13N3O4S/c1-24(21,22)13-9-5-8-12(10-13)14(20)17-16-19-18-15(23-16)11-6-3-2-4-7-11/h2-10H,1H3,(H,17,19,20). The first kappa shape index (κ1) is 15.9. The van der Waals surface area contributed by atoms with E-state index in [4.69, 9.17) is 4.42 Å². The monoisotopic (exact) mass is 343 g/mol. The summed E-state index contributed by atoms with van der Waals surface area (Å²) in [6, 6.07) is 14.8. The van der Waals surface area contributed by atoms with Gasteiger partial charge in [0.15, 0.2) is 9.84 Å². The lowest BCUT2D eigenvalue weighted by molar-refractivity contribution is 0.102. The number of carbonyl (C=O) groups excluding carboxylic acids is 1. The van der Waals surface area contributed by atoms with E-state index in [-0.39, 0.29) is 22.4 Å². The number of hydrogen-bond acceptors (Lipinski definition) is 6. The van der Waals surface area contributed by atoms with Crippen LogP contribution in [-0.4, -0.2) is 30.8 Å². The van der Waals surface area contributed by atoms with Crippen LogP contribution < -0.4 is 5.32 Å². The van der Waals surface area contributed by atoms with Crippen molar-refractivity contribution in [2.75, 3.05) is 11.6 Å². The molecule has 0 saturated carbocycles. The summed E-state index contributed by atoms with van der Waals surface area (Å²) in [5, 5.41) is 10.1. The van der Waals surface area contributed by atoms with Crippen molar-refractivity contribution in [2.24, 2.45) is 0 Å². The fourth-order valence-electron chi connectivity index (χ4n) is 2.01. The van der Waals surface area contributed by atoms with Gasteiger partial charge in [0, 0.05) is 17.4 Å². The highest BCUT2D eigenvalue weighted by Crippen LogP contribution is 2.20. The van der Waals surface area contributed by atoms with Crippen LogP contribution in [0.15, 0.2) is 63.9 Å². The van der Waals surface area contributed by atoms with Crippen LogP contribution in [0, 0.1) is 0 Å². The van der Waals surface area contributed by atoms with Gasteiger partial charge in [0.1, 0.15) is 0 Å². The van der Waals surface area contributed by atoms with E-state index in [9.17, 15) is 13.2 Å². The summed E-state index contributed by atoms with van der Waals surface area (Å²) >= 11 is 0. The normalized spacial score (nSPS) is 11.2. The maximum absolute atomic E-state index is 12.2. The molecular formula is C16H13N3O4S. The Morgan fingerprint density at radius 3 is 2.50 bits per heavy atom. The molecule has 0 spiro atoms. The molecule has 0 aliphatic carbocycles. The Bertz CT molecular complexity index is 981. The molecular weight excluding hydrogens is 330 g/mol. The number of amides is 1. The Morgan fingerprint density at radius 2 is 1.79 bits per heavy atom. The van der Waals surface area contributed by atoms with Crippen molar-refractivity contribution < 1.29 is 17.6 Å². The summed E-state index contributed by atoms with van der Waals surface area (Å²) < 4.78 is 28.5.